The molecule has 0 spiro atoms. The van der Waals surface area contributed by atoms with Crippen molar-refractivity contribution in [3.63, 3.8) is 0 Å². The van der Waals surface area contributed by atoms with Crippen LogP contribution in [0.5, 0.6) is 0 Å². The second kappa shape index (κ2) is 14.8. The van der Waals surface area contributed by atoms with Gasteiger partial charge in [0.05, 0.1) is 21.6 Å². The smallest absolute Gasteiger partial charge is 0.271 e. The van der Waals surface area contributed by atoms with E-state index in [1.807, 2.05) is 19.1 Å². The van der Waals surface area contributed by atoms with E-state index in [1.54, 1.807) is 0 Å². The molecule has 34 heavy (non-hydrogen) atoms. The first-order valence-electron chi connectivity index (χ1n) is 12.2. The van der Waals surface area contributed by atoms with Gasteiger partial charge in [-0.3, -0.25) is 25.7 Å². The summed E-state index contributed by atoms with van der Waals surface area (Å²) in [4.78, 5) is 20.8. The van der Waals surface area contributed by atoms with E-state index in [4.69, 9.17) is 0 Å². The number of aryl methyl sites for hydroxylation is 1. The van der Waals surface area contributed by atoms with Crippen molar-refractivity contribution < 1.29 is 9.85 Å². The summed E-state index contributed by atoms with van der Waals surface area (Å²) >= 11 is 0. The van der Waals surface area contributed by atoms with Crippen LogP contribution in [0.1, 0.15) is 89.2 Å². The summed E-state index contributed by atoms with van der Waals surface area (Å²) in [6.45, 7) is 4.06. The number of rotatable bonds is 16. The molecule has 0 heterocycles. The summed E-state index contributed by atoms with van der Waals surface area (Å²) < 4.78 is 0. The van der Waals surface area contributed by atoms with Crippen LogP contribution in [-0.4, -0.2) is 15.6 Å². The van der Waals surface area contributed by atoms with Crippen LogP contribution in [0.2, 0.25) is 0 Å². The first-order valence-corrected chi connectivity index (χ1v) is 12.2. The summed E-state index contributed by atoms with van der Waals surface area (Å²) in [5, 5.41) is 26.3. The number of unbranched alkanes of at least 4 members (excludes halogenated alkanes) is 9. The summed E-state index contributed by atoms with van der Waals surface area (Å²) in [5.41, 5.74) is 4.90. The van der Waals surface area contributed by atoms with Gasteiger partial charge in [-0.05, 0) is 37.0 Å². The van der Waals surface area contributed by atoms with E-state index in [2.05, 4.69) is 29.6 Å². The highest BCUT2D eigenvalue weighted by Crippen LogP contribution is 2.29. The zero-order valence-corrected chi connectivity index (χ0v) is 20.3. The first kappa shape index (κ1) is 27.0. The normalized spacial score (nSPS) is 11.4. The maximum absolute atomic E-state index is 11.3. The lowest BCUT2D eigenvalue weighted by Gasteiger charge is -2.06. The Morgan fingerprint density at radius 3 is 1.97 bits per heavy atom. The summed E-state index contributed by atoms with van der Waals surface area (Å²) in [6.07, 6.45) is 14.3. The Morgan fingerprint density at radius 2 is 1.41 bits per heavy atom. The monoisotopic (exact) mass is 468 g/mol. The Bertz CT molecular complexity index is 958. The molecule has 0 radical (unpaired) electrons. The second-order valence-electron chi connectivity index (χ2n) is 8.65. The average molecular weight is 469 g/mol. The minimum absolute atomic E-state index is 0.104. The van der Waals surface area contributed by atoms with Gasteiger partial charge in [0, 0.05) is 6.07 Å². The largest absolute Gasteiger partial charge is 0.301 e. The molecule has 0 fully saturated rings. The van der Waals surface area contributed by atoms with Gasteiger partial charge >= 0.3 is 5.69 Å². The molecule has 2 aromatic rings. The molecule has 0 saturated carbocycles. The lowest BCUT2D eigenvalue weighted by Crippen LogP contribution is -2.02. The van der Waals surface area contributed by atoms with Crippen molar-refractivity contribution >= 4 is 22.8 Å². The van der Waals surface area contributed by atoms with Crippen LogP contribution in [0.25, 0.3) is 0 Å². The van der Waals surface area contributed by atoms with E-state index in [1.165, 1.54) is 81.9 Å². The van der Waals surface area contributed by atoms with Crippen LogP contribution in [0.3, 0.4) is 0 Å². The van der Waals surface area contributed by atoms with Crippen LogP contribution >= 0.6 is 0 Å². The van der Waals surface area contributed by atoms with Gasteiger partial charge in [-0.2, -0.15) is 5.10 Å². The Morgan fingerprint density at radius 1 is 0.824 bits per heavy atom. The summed E-state index contributed by atoms with van der Waals surface area (Å²) in [6, 6.07) is 11.6. The van der Waals surface area contributed by atoms with Gasteiger partial charge in [0.15, 0.2) is 0 Å². The van der Waals surface area contributed by atoms with Gasteiger partial charge in [-0.1, -0.05) is 89.0 Å². The van der Waals surface area contributed by atoms with Crippen molar-refractivity contribution in [1.82, 2.24) is 0 Å². The number of hydrogen-bond donors (Lipinski definition) is 1. The van der Waals surface area contributed by atoms with Crippen molar-refractivity contribution in [2.24, 2.45) is 5.10 Å². The molecule has 184 valence electrons. The minimum Gasteiger partial charge on any atom is -0.271 e. The molecule has 2 aromatic carbocycles. The SMILES string of the molecule is CCCCCCCCCCCCc1ccc(/C(C)=N/Nc2ccc([N+](=O)[O-])cc2[N+](=O)[O-])cc1. The van der Waals surface area contributed by atoms with Crippen LogP contribution in [0, 0.1) is 20.2 Å². The van der Waals surface area contributed by atoms with Crippen LogP contribution in [0.15, 0.2) is 47.6 Å². The second-order valence-corrected chi connectivity index (χ2v) is 8.65. The van der Waals surface area contributed by atoms with E-state index in [0.717, 1.165) is 18.1 Å². The fourth-order valence-electron chi connectivity index (χ4n) is 3.82. The molecule has 1 N–H and O–H groups in total. The molecule has 2 rings (SSSR count). The molecular formula is C26H36N4O4. The molecule has 0 amide bonds. The van der Waals surface area contributed by atoms with Crippen molar-refractivity contribution in [2.45, 2.75) is 84.5 Å². The van der Waals surface area contributed by atoms with Gasteiger partial charge in [0.1, 0.15) is 5.69 Å². The average Bonchev–Trinajstić information content (AvgIpc) is 2.83. The molecule has 8 nitrogen and oxygen atoms in total. The highest BCUT2D eigenvalue weighted by atomic mass is 16.6. The zero-order valence-electron chi connectivity index (χ0n) is 20.3. The topological polar surface area (TPSA) is 111 Å². The standard InChI is InChI=1S/C26H36N4O4/c1-3-4-5-6-7-8-9-10-11-12-13-22-14-16-23(17-15-22)21(2)27-28-25-19-18-24(29(31)32)20-26(25)30(33)34/h14-20,28H,3-13H2,1-2H3/b27-21+. The van der Waals surface area contributed by atoms with E-state index in [-0.39, 0.29) is 11.4 Å². The van der Waals surface area contributed by atoms with Gasteiger partial charge in [-0.25, -0.2) is 0 Å². The predicted molar refractivity (Wildman–Crippen MR) is 138 cm³/mol. The van der Waals surface area contributed by atoms with E-state index >= 15 is 0 Å². The number of nitro benzene ring substituents is 2. The zero-order chi connectivity index (χ0) is 24.8. The fourth-order valence-corrected chi connectivity index (χ4v) is 3.82. The number of nitro groups is 2. The lowest BCUT2D eigenvalue weighted by molar-refractivity contribution is -0.393. The third-order valence-corrected chi connectivity index (χ3v) is 5.92. The number of anilines is 1. The van der Waals surface area contributed by atoms with Gasteiger partial charge < -0.3 is 0 Å². The number of hydrogen-bond acceptors (Lipinski definition) is 6. The third kappa shape index (κ3) is 9.29. The number of non-ortho nitro benzene ring substituents is 1. The predicted octanol–water partition coefficient (Wildman–Crippen LogP) is 7.80. The summed E-state index contributed by atoms with van der Waals surface area (Å²) in [7, 11) is 0. The van der Waals surface area contributed by atoms with E-state index in [9.17, 15) is 20.2 Å². The Labute approximate surface area is 201 Å². The van der Waals surface area contributed by atoms with Crippen molar-refractivity contribution in [2.75, 3.05) is 5.43 Å². The number of nitrogens with zero attached hydrogens (tertiary/aromatic N) is 3. The third-order valence-electron chi connectivity index (χ3n) is 5.92. The molecule has 0 aliphatic carbocycles. The maximum atomic E-state index is 11.3. The van der Waals surface area contributed by atoms with Crippen molar-refractivity contribution in [3.8, 4) is 0 Å². The number of benzene rings is 2. The van der Waals surface area contributed by atoms with Gasteiger partial charge in [0.2, 0.25) is 0 Å². The Balaban J connectivity index is 1.79. The van der Waals surface area contributed by atoms with Gasteiger partial charge in [0.25, 0.3) is 5.69 Å². The van der Waals surface area contributed by atoms with Crippen LogP contribution in [0.4, 0.5) is 17.1 Å². The minimum atomic E-state index is -0.664. The Hall–Kier alpha value is -3.29. The highest BCUT2D eigenvalue weighted by Gasteiger charge is 2.19. The molecular weight excluding hydrogens is 432 g/mol. The van der Waals surface area contributed by atoms with Crippen LogP contribution < -0.4 is 5.43 Å². The van der Waals surface area contributed by atoms with Crippen LogP contribution in [-0.2, 0) is 6.42 Å². The van der Waals surface area contributed by atoms with Crippen molar-refractivity contribution in [1.29, 1.82) is 0 Å². The highest BCUT2D eigenvalue weighted by molar-refractivity contribution is 5.99. The Kier molecular flexibility index (Phi) is 11.7. The molecule has 0 aliphatic heterocycles. The molecule has 0 unspecified atom stereocenters. The van der Waals surface area contributed by atoms with Gasteiger partial charge in [-0.15, -0.1) is 0 Å². The van der Waals surface area contributed by atoms with E-state index < -0.39 is 15.5 Å². The lowest BCUT2D eigenvalue weighted by atomic mass is 10.0. The molecule has 8 heteroatoms. The molecule has 0 aliphatic rings. The maximum Gasteiger partial charge on any atom is 0.301 e. The number of hydrazone groups is 1. The molecule has 0 bridgehead atoms. The molecule has 0 aromatic heterocycles. The number of nitrogens with one attached hydrogen (secondary N) is 1. The molecule has 0 saturated heterocycles. The molecule has 0 atom stereocenters. The summed E-state index contributed by atoms with van der Waals surface area (Å²) in [5.74, 6) is 0. The first-order chi connectivity index (χ1) is 16.4. The fraction of sp³-hybridized carbons (Fsp3) is 0.500. The van der Waals surface area contributed by atoms with E-state index in [0.29, 0.717) is 5.71 Å². The quantitative estimate of drug-likeness (QED) is 0.117. The van der Waals surface area contributed by atoms with Crippen molar-refractivity contribution in [3.05, 3.63) is 73.8 Å².